The Morgan fingerprint density at radius 1 is 1.43 bits per heavy atom. The van der Waals surface area contributed by atoms with Crippen LogP contribution in [0.15, 0.2) is 22.9 Å². The second kappa shape index (κ2) is 6.14. The predicted molar refractivity (Wildman–Crippen MR) is 63.2 cm³/mol. The van der Waals surface area contributed by atoms with Crippen LogP contribution in [0.1, 0.15) is 25.3 Å². The van der Waals surface area contributed by atoms with Crippen LogP contribution in [0.4, 0.5) is 0 Å². The van der Waals surface area contributed by atoms with Crippen molar-refractivity contribution in [1.82, 2.24) is 9.88 Å². The molecule has 78 valence electrons. The maximum Gasteiger partial charge on any atom is 0.0410 e. The maximum atomic E-state index is 4.14. The first-order valence-corrected chi connectivity index (χ1v) is 5.79. The number of nitrogens with zero attached hydrogens (tertiary/aromatic N) is 2. The average Bonchev–Trinajstić information content (AvgIpc) is 2.15. The summed E-state index contributed by atoms with van der Waals surface area (Å²) < 4.78 is 1.05. The molecule has 0 atom stereocenters. The van der Waals surface area contributed by atoms with E-state index in [9.17, 15) is 0 Å². The fourth-order valence-electron chi connectivity index (χ4n) is 1.36. The Morgan fingerprint density at radius 2 is 2.21 bits per heavy atom. The van der Waals surface area contributed by atoms with E-state index in [-0.39, 0.29) is 0 Å². The molecule has 0 N–H and O–H groups in total. The number of rotatable bonds is 5. The van der Waals surface area contributed by atoms with Crippen molar-refractivity contribution in [3.8, 4) is 0 Å². The summed E-state index contributed by atoms with van der Waals surface area (Å²) in [6.07, 6.45) is 6.25. The lowest BCUT2D eigenvalue weighted by Gasteiger charge is -2.15. The SMILES string of the molecule is CCCCN(C)Cc1cncc(Br)c1. The number of pyridine rings is 1. The third kappa shape index (κ3) is 4.20. The zero-order valence-electron chi connectivity index (χ0n) is 8.83. The minimum Gasteiger partial charge on any atom is -0.302 e. The van der Waals surface area contributed by atoms with Crippen LogP contribution in [0, 0.1) is 0 Å². The van der Waals surface area contributed by atoms with Gasteiger partial charge in [0.05, 0.1) is 0 Å². The smallest absolute Gasteiger partial charge is 0.0410 e. The van der Waals surface area contributed by atoms with Crippen LogP contribution in [0.5, 0.6) is 0 Å². The highest BCUT2D eigenvalue weighted by molar-refractivity contribution is 9.10. The number of unbranched alkanes of at least 4 members (excludes halogenated alkanes) is 1. The molecule has 0 amide bonds. The maximum absolute atomic E-state index is 4.14. The van der Waals surface area contributed by atoms with E-state index in [1.54, 1.807) is 0 Å². The molecule has 1 aromatic rings. The molecule has 0 unspecified atom stereocenters. The van der Waals surface area contributed by atoms with Gasteiger partial charge in [0, 0.05) is 23.4 Å². The van der Waals surface area contributed by atoms with Crippen molar-refractivity contribution in [1.29, 1.82) is 0 Å². The monoisotopic (exact) mass is 256 g/mol. The zero-order chi connectivity index (χ0) is 10.4. The van der Waals surface area contributed by atoms with E-state index in [4.69, 9.17) is 0 Å². The molecule has 1 heterocycles. The summed E-state index contributed by atoms with van der Waals surface area (Å²) in [4.78, 5) is 6.47. The molecular formula is C11H17BrN2. The molecule has 0 aliphatic carbocycles. The summed E-state index contributed by atoms with van der Waals surface area (Å²) in [5.41, 5.74) is 1.26. The first-order chi connectivity index (χ1) is 6.72. The van der Waals surface area contributed by atoms with Gasteiger partial charge in [0.2, 0.25) is 0 Å². The van der Waals surface area contributed by atoms with Crippen molar-refractivity contribution in [3.63, 3.8) is 0 Å². The van der Waals surface area contributed by atoms with Gasteiger partial charge in [-0.2, -0.15) is 0 Å². The summed E-state index contributed by atoms with van der Waals surface area (Å²) >= 11 is 3.42. The van der Waals surface area contributed by atoms with E-state index >= 15 is 0 Å². The quantitative estimate of drug-likeness (QED) is 0.805. The van der Waals surface area contributed by atoms with Crippen LogP contribution in [0.3, 0.4) is 0 Å². The van der Waals surface area contributed by atoms with Crippen molar-refractivity contribution in [2.24, 2.45) is 0 Å². The topological polar surface area (TPSA) is 16.1 Å². The molecule has 0 saturated heterocycles. The highest BCUT2D eigenvalue weighted by Crippen LogP contribution is 2.11. The van der Waals surface area contributed by atoms with Crippen molar-refractivity contribution in [2.45, 2.75) is 26.3 Å². The Balaban J connectivity index is 2.43. The molecule has 2 nitrogen and oxygen atoms in total. The number of halogens is 1. The van der Waals surface area contributed by atoms with Crippen molar-refractivity contribution in [3.05, 3.63) is 28.5 Å². The van der Waals surface area contributed by atoms with E-state index in [1.165, 1.54) is 18.4 Å². The van der Waals surface area contributed by atoms with E-state index in [0.29, 0.717) is 0 Å². The van der Waals surface area contributed by atoms with Crippen LogP contribution in [0.2, 0.25) is 0 Å². The van der Waals surface area contributed by atoms with Gasteiger partial charge < -0.3 is 4.90 Å². The highest BCUT2D eigenvalue weighted by atomic mass is 79.9. The lowest BCUT2D eigenvalue weighted by Crippen LogP contribution is -2.18. The van der Waals surface area contributed by atoms with Crippen LogP contribution in [-0.4, -0.2) is 23.5 Å². The minimum absolute atomic E-state index is 0.979. The highest BCUT2D eigenvalue weighted by Gasteiger charge is 2.00. The van der Waals surface area contributed by atoms with Gasteiger partial charge >= 0.3 is 0 Å². The number of hydrogen-bond acceptors (Lipinski definition) is 2. The van der Waals surface area contributed by atoms with Gasteiger partial charge in [0.15, 0.2) is 0 Å². The molecule has 0 aliphatic rings. The normalized spacial score (nSPS) is 10.9. The molecule has 3 heteroatoms. The summed E-state index contributed by atoms with van der Waals surface area (Å²) in [6, 6.07) is 2.12. The summed E-state index contributed by atoms with van der Waals surface area (Å²) in [7, 11) is 2.15. The minimum atomic E-state index is 0.979. The Labute approximate surface area is 94.5 Å². The average molecular weight is 257 g/mol. The van der Waals surface area contributed by atoms with Gasteiger partial charge in [-0.25, -0.2) is 0 Å². The van der Waals surface area contributed by atoms with Crippen LogP contribution in [-0.2, 0) is 6.54 Å². The number of aromatic nitrogens is 1. The molecule has 1 aromatic heterocycles. The van der Waals surface area contributed by atoms with E-state index < -0.39 is 0 Å². The largest absolute Gasteiger partial charge is 0.302 e. The van der Waals surface area contributed by atoms with Gasteiger partial charge in [0.1, 0.15) is 0 Å². The first-order valence-electron chi connectivity index (χ1n) is 5.00. The van der Waals surface area contributed by atoms with Gasteiger partial charge in [-0.1, -0.05) is 13.3 Å². The Morgan fingerprint density at radius 3 is 2.86 bits per heavy atom. The molecule has 0 aromatic carbocycles. The molecule has 0 radical (unpaired) electrons. The molecule has 0 aliphatic heterocycles. The molecule has 1 rings (SSSR count). The van der Waals surface area contributed by atoms with E-state index in [1.807, 2.05) is 12.4 Å². The summed E-state index contributed by atoms with van der Waals surface area (Å²) in [5, 5.41) is 0. The lowest BCUT2D eigenvalue weighted by atomic mass is 10.2. The van der Waals surface area contributed by atoms with Crippen LogP contribution >= 0.6 is 15.9 Å². The van der Waals surface area contributed by atoms with Crippen LogP contribution in [0.25, 0.3) is 0 Å². The van der Waals surface area contributed by atoms with E-state index in [0.717, 1.165) is 17.6 Å². The lowest BCUT2D eigenvalue weighted by molar-refractivity contribution is 0.320. The molecule has 0 spiro atoms. The fraction of sp³-hybridized carbons (Fsp3) is 0.545. The molecular weight excluding hydrogens is 240 g/mol. The Bertz CT molecular complexity index is 276. The molecule has 14 heavy (non-hydrogen) atoms. The van der Waals surface area contributed by atoms with Gasteiger partial charge in [-0.3, -0.25) is 4.98 Å². The van der Waals surface area contributed by atoms with Crippen LogP contribution < -0.4 is 0 Å². The molecule has 0 bridgehead atoms. The first kappa shape index (κ1) is 11.7. The zero-order valence-corrected chi connectivity index (χ0v) is 10.4. The van der Waals surface area contributed by atoms with E-state index in [2.05, 4.69) is 45.9 Å². The summed E-state index contributed by atoms with van der Waals surface area (Å²) in [6.45, 7) is 4.35. The van der Waals surface area contributed by atoms with Gasteiger partial charge in [0.25, 0.3) is 0 Å². The second-order valence-electron chi connectivity index (χ2n) is 3.60. The molecule has 0 saturated carbocycles. The van der Waals surface area contributed by atoms with Crippen molar-refractivity contribution < 1.29 is 0 Å². The summed E-state index contributed by atoms with van der Waals surface area (Å²) in [5.74, 6) is 0. The standard InChI is InChI=1S/C11H17BrN2/c1-3-4-5-14(2)9-10-6-11(12)8-13-7-10/h6-8H,3-5,9H2,1-2H3. The Hall–Kier alpha value is -0.410. The third-order valence-corrected chi connectivity index (χ3v) is 2.54. The van der Waals surface area contributed by atoms with Gasteiger partial charge in [-0.05, 0) is 47.6 Å². The predicted octanol–water partition coefficient (Wildman–Crippen LogP) is 3.08. The van der Waals surface area contributed by atoms with Crippen molar-refractivity contribution >= 4 is 15.9 Å². The fourth-order valence-corrected chi connectivity index (χ4v) is 1.77. The Kier molecular flexibility index (Phi) is 5.12. The van der Waals surface area contributed by atoms with Gasteiger partial charge in [-0.15, -0.1) is 0 Å². The third-order valence-electron chi connectivity index (χ3n) is 2.11. The molecule has 0 fully saturated rings. The number of hydrogen-bond donors (Lipinski definition) is 0. The second-order valence-corrected chi connectivity index (χ2v) is 4.52. The van der Waals surface area contributed by atoms with Crippen molar-refractivity contribution in [2.75, 3.05) is 13.6 Å².